The lowest BCUT2D eigenvalue weighted by molar-refractivity contribution is 0.448. The van der Waals surface area contributed by atoms with Crippen LogP contribution in [-0.4, -0.2) is 16.3 Å². The average Bonchev–Trinajstić information content (AvgIpc) is 2.79. The maximum Gasteiger partial charge on any atom is 0.198 e. The van der Waals surface area contributed by atoms with Gasteiger partial charge in [-0.25, -0.2) is 13.2 Å². The molecule has 3 nitrogen and oxygen atoms in total. The second-order valence-electron chi connectivity index (χ2n) is 4.89. The van der Waals surface area contributed by atoms with E-state index in [1.807, 2.05) is 19.1 Å². The molecule has 0 bridgehead atoms. The molecule has 0 radical (unpaired) electrons. The standard InChI is InChI=1S/C16H11F3N2O/c1-8-2-3-9-10(16(22)21-13(9)6-8)7-20-12-5-4-11(17)14(18)15(12)19/h2-7,21-22H,1H3. The summed E-state index contributed by atoms with van der Waals surface area (Å²) in [7, 11) is 0. The Bertz CT molecular complexity index is 900. The summed E-state index contributed by atoms with van der Waals surface area (Å²) in [4.78, 5) is 6.57. The zero-order valence-corrected chi connectivity index (χ0v) is 11.5. The molecule has 0 saturated carbocycles. The molecule has 112 valence electrons. The fraction of sp³-hybridized carbons (Fsp3) is 0.0625. The molecular formula is C16H11F3N2O. The largest absolute Gasteiger partial charge is 0.494 e. The van der Waals surface area contributed by atoms with Crippen molar-refractivity contribution < 1.29 is 18.3 Å². The van der Waals surface area contributed by atoms with Crippen LogP contribution >= 0.6 is 0 Å². The molecule has 0 saturated heterocycles. The van der Waals surface area contributed by atoms with E-state index in [1.165, 1.54) is 6.21 Å². The lowest BCUT2D eigenvalue weighted by Gasteiger charge is -1.99. The number of rotatable bonds is 2. The number of aromatic hydroxyl groups is 1. The third-order valence-electron chi connectivity index (χ3n) is 3.32. The first-order valence-corrected chi connectivity index (χ1v) is 6.46. The molecule has 2 aromatic carbocycles. The van der Waals surface area contributed by atoms with E-state index in [-0.39, 0.29) is 11.6 Å². The van der Waals surface area contributed by atoms with Crippen molar-refractivity contribution in [2.24, 2.45) is 4.99 Å². The van der Waals surface area contributed by atoms with Gasteiger partial charge in [0, 0.05) is 17.1 Å². The van der Waals surface area contributed by atoms with E-state index in [0.29, 0.717) is 16.5 Å². The van der Waals surface area contributed by atoms with Gasteiger partial charge in [0.2, 0.25) is 0 Å². The third-order valence-corrected chi connectivity index (χ3v) is 3.32. The first-order chi connectivity index (χ1) is 10.5. The monoisotopic (exact) mass is 304 g/mol. The molecule has 0 aliphatic heterocycles. The van der Waals surface area contributed by atoms with E-state index >= 15 is 0 Å². The summed E-state index contributed by atoms with van der Waals surface area (Å²) in [5.41, 5.74) is 1.70. The van der Waals surface area contributed by atoms with Crippen LogP contribution in [0.15, 0.2) is 35.3 Å². The Kier molecular flexibility index (Phi) is 3.36. The SMILES string of the molecule is Cc1ccc2c(C=Nc3ccc(F)c(F)c3F)c(O)[nH]c2c1. The number of nitrogens with zero attached hydrogens (tertiary/aromatic N) is 1. The molecule has 0 amide bonds. The fourth-order valence-electron chi connectivity index (χ4n) is 2.20. The van der Waals surface area contributed by atoms with Crippen LogP contribution in [0.4, 0.5) is 18.9 Å². The summed E-state index contributed by atoms with van der Waals surface area (Å²) in [6.45, 7) is 1.90. The van der Waals surface area contributed by atoms with Crippen LogP contribution in [0.25, 0.3) is 10.9 Å². The molecule has 2 N–H and O–H groups in total. The number of hydrogen-bond donors (Lipinski definition) is 2. The minimum atomic E-state index is -1.58. The highest BCUT2D eigenvalue weighted by atomic mass is 19.2. The highest BCUT2D eigenvalue weighted by Gasteiger charge is 2.13. The quantitative estimate of drug-likeness (QED) is 0.536. The first kappa shape index (κ1) is 14.2. The number of aliphatic imine (C=N–C) groups is 1. The molecule has 1 aromatic heterocycles. The fourth-order valence-corrected chi connectivity index (χ4v) is 2.20. The smallest absolute Gasteiger partial charge is 0.198 e. The van der Waals surface area contributed by atoms with Gasteiger partial charge in [-0.15, -0.1) is 0 Å². The second kappa shape index (κ2) is 5.22. The number of benzene rings is 2. The summed E-state index contributed by atoms with van der Waals surface area (Å²) >= 11 is 0. The van der Waals surface area contributed by atoms with Gasteiger partial charge >= 0.3 is 0 Å². The predicted octanol–water partition coefficient (Wildman–Crippen LogP) is 4.35. The molecule has 0 fully saturated rings. The van der Waals surface area contributed by atoms with Crippen molar-refractivity contribution in [2.45, 2.75) is 6.92 Å². The van der Waals surface area contributed by atoms with Gasteiger partial charge in [0.1, 0.15) is 5.69 Å². The maximum atomic E-state index is 13.6. The van der Waals surface area contributed by atoms with Crippen molar-refractivity contribution in [3.8, 4) is 5.88 Å². The van der Waals surface area contributed by atoms with Crippen LogP contribution < -0.4 is 0 Å². The Hall–Kier alpha value is -2.76. The van der Waals surface area contributed by atoms with Crippen molar-refractivity contribution in [1.82, 2.24) is 4.98 Å². The predicted molar refractivity (Wildman–Crippen MR) is 78.3 cm³/mol. The van der Waals surface area contributed by atoms with Crippen molar-refractivity contribution >= 4 is 22.8 Å². The van der Waals surface area contributed by atoms with Crippen LogP contribution in [0, 0.1) is 24.4 Å². The van der Waals surface area contributed by atoms with Crippen LogP contribution in [0.2, 0.25) is 0 Å². The second-order valence-corrected chi connectivity index (χ2v) is 4.89. The van der Waals surface area contributed by atoms with E-state index in [2.05, 4.69) is 9.98 Å². The number of H-pyrrole nitrogens is 1. The molecule has 0 aliphatic carbocycles. The topological polar surface area (TPSA) is 48.4 Å². The lowest BCUT2D eigenvalue weighted by atomic mass is 10.1. The highest BCUT2D eigenvalue weighted by molar-refractivity contribution is 6.02. The molecule has 3 aromatic rings. The first-order valence-electron chi connectivity index (χ1n) is 6.46. The van der Waals surface area contributed by atoms with Gasteiger partial charge in [-0.2, -0.15) is 0 Å². The summed E-state index contributed by atoms with van der Waals surface area (Å²) in [5, 5.41) is 10.6. The summed E-state index contributed by atoms with van der Waals surface area (Å²) in [6, 6.07) is 7.29. The van der Waals surface area contributed by atoms with Crippen LogP contribution in [0.3, 0.4) is 0 Å². The normalized spacial score (nSPS) is 11.6. The Morgan fingerprint density at radius 3 is 2.64 bits per heavy atom. The number of nitrogens with one attached hydrogen (secondary N) is 1. The minimum Gasteiger partial charge on any atom is -0.494 e. The molecular weight excluding hydrogens is 293 g/mol. The zero-order chi connectivity index (χ0) is 15.9. The van der Waals surface area contributed by atoms with E-state index in [1.54, 1.807) is 6.07 Å². The Labute approximate surface area is 123 Å². The van der Waals surface area contributed by atoms with Gasteiger partial charge in [-0.1, -0.05) is 12.1 Å². The van der Waals surface area contributed by atoms with Gasteiger partial charge < -0.3 is 10.1 Å². The molecule has 0 aliphatic rings. The van der Waals surface area contributed by atoms with Crippen LogP contribution in [-0.2, 0) is 0 Å². The highest BCUT2D eigenvalue weighted by Crippen LogP contribution is 2.28. The number of aromatic nitrogens is 1. The van der Waals surface area contributed by atoms with Crippen molar-refractivity contribution in [3.05, 3.63) is 58.9 Å². The van der Waals surface area contributed by atoms with Gasteiger partial charge in [-0.05, 0) is 30.7 Å². The number of aryl methyl sites for hydroxylation is 1. The molecule has 22 heavy (non-hydrogen) atoms. The average molecular weight is 304 g/mol. The zero-order valence-electron chi connectivity index (χ0n) is 11.5. The van der Waals surface area contributed by atoms with E-state index < -0.39 is 17.5 Å². The summed E-state index contributed by atoms with van der Waals surface area (Å²) in [6.07, 6.45) is 1.21. The number of halogens is 3. The Morgan fingerprint density at radius 1 is 1.09 bits per heavy atom. The molecule has 3 rings (SSSR count). The van der Waals surface area contributed by atoms with Gasteiger partial charge in [0.15, 0.2) is 23.3 Å². The molecule has 0 spiro atoms. The molecule has 0 unspecified atom stereocenters. The maximum absolute atomic E-state index is 13.6. The minimum absolute atomic E-state index is 0.132. The number of hydrogen-bond acceptors (Lipinski definition) is 2. The van der Waals surface area contributed by atoms with E-state index in [9.17, 15) is 18.3 Å². The molecule has 6 heteroatoms. The van der Waals surface area contributed by atoms with Crippen LogP contribution in [0.1, 0.15) is 11.1 Å². The Morgan fingerprint density at radius 2 is 1.86 bits per heavy atom. The number of aromatic amines is 1. The van der Waals surface area contributed by atoms with Gasteiger partial charge in [0.25, 0.3) is 0 Å². The summed E-state index contributed by atoms with van der Waals surface area (Å²) in [5.74, 6) is -4.35. The molecule has 1 heterocycles. The van der Waals surface area contributed by atoms with E-state index in [4.69, 9.17) is 0 Å². The van der Waals surface area contributed by atoms with E-state index in [0.717, 1.165) is 17.7 Å². The lowest BCUT2D eigenvalue weighted by Crippen LogP contribution is -1.90. The van der Waals surface area contributed by atoms with Crippen LogP contribution in [0.5, 0.6) is 5.88 Å². The Balaban J connectivity index is 2.07. The van der Waals surface area contributed by atoms with Crippen molar-refractivity contribution in [3.63, 3.8) is 0 Å². The van der Waals surface area contributed by atoms with Gasteiger partial charge in [0.05, 0.1) is 5.56 Å². The van der Waals surface area contributed by atoms with Crippen molar-refractivity contribution in [1.29, 1.82) is 0 Å². The number of fused-ring (bicyclic) bond motifs is 1. The van der Waals surface area contributed by atoms with Crippen molar-refractivity contribution in [2.75, 3.05) is 0 Å². The molecule has 0 atom stereocenters. The van der Waals surface area contributed by atoms with Gasteiger partial charge in [-0.3, -0.25) is 4.99 Å². The third kappa shape index (κ3) is 2.32. The summed E-state index contributed by atoms with van der Waals surface area (Å²) < 4.78 is 39.6.